The average Bonchev–Trinajstić information content (AvgIpc) is 2.37. The predicted octanol–water partition coefficient (Wildman–Crippen LogP) is 1.86. The molecule has 0 spiro atoms. The topological polar surface area (TPSA) is 90.7 Å². The highest BCUT2D eigenvalue weighted by Gasteiger charge is 2.07. The van der Waals surface area contributed by atoms with Crippen molar-refractivity contribution in [3.8, 4) is 11.3 Å². The lowest BCUT2D eigenvalue weighted by atomic mass is 10.1. The van der Waals surface area contributed by atoms with Gasteiger partial charge in [0.05, 0.1) is 11.2 Å². The summed E-state index contributed by atoms with van der Waals surface area (Å²) in [7, 11) is 0. The molecular formula is C13H11N5. The van der Waals surface area contributed by atoms with Crippen molar-refractivity contribution in [2.24, 2.45) is 0 Å². The van der Waals surface area contributed by atoms with Gasteiger partial charge in [0.15, 0.2) is 0 Å². The van der Waals surface area contributed by atoms with E-state index in [2.05, 4.69) is 15.0 Å². The molecule has 0 bridgehead atoms. The van der Waals surface area contributed by atoms with Gasteiger partial charge in [-0.25, -0.2) is 4.98 Å². The molecule has 5 nitrogen and oxygen atoms in total. The second-order valence-corrected chi connectivity index (χ2v) is 3.91. The molecule has 0 radical (unpaired) electrons. The number of nitrogens with zero attached hydrogens (tertiary/aromatic N) is 3. The molecule has 0 aliphatic carbocycles. The Morgan fingerprint density at radius 2 is 1.83 bits per heavy atom. The maximum atomic E-state index is 5.69. The lowest BCUT2D eigenvalue weighted by Crippen LogP contribution is -2.00. The van der Waals surface area contributed by atoms with Gasteiger partial charge in [0, 0.05) is 23.2 Å². The van der Waals surface area contributed by atoms with Crippen LogP contribution < -0.4 is 11.5 Å². The first-order valence-corrected chi connectivity index (χ1v) is 5.48. The summed E-state index contributed by atoms with van der Waals surface area (Å²) in [6.45, 7) is 0. The van der Waals surface area contributed by atoms with Crippen LogP contribution in [-0.2, 0) is 0 Å². The second-order valence-electron chi connectivity index (χ2n) is 3.91. The minimum absolute atomic E-state index is 0.172. The number of anilines is 2. The number of rotatable bonds is 1. The van der Waals surface area contributed by atoms with Crippen LogP contribution in [0.3, 0.4) is 0 Å². The minimum atomic E-state index is 0.172. The summed E-state index contributed by atoms with van der Waals surface area (Å²) >= 11 is 0. The molecule has 0 unspecified atom stereocenters. The van der Waals surface area contributed by atoms with Gasteiger partial charge >= 0.3 is 0 Å². The molecule has 88 valence electrons. The summed E-state index contributed by atoms with van der Waals surface area (Å²) in [5.41, 5.74) is 13.9. The second kappa shape index (κ2) is 3.96. The Bertz CT molecular complexity index is 698. The predicted molar refractivity (Wildman–Crippen MR) is 71.6 cm³/mol. The molecule has 0 aliphatic rings. The van der Waals surface area contributed by atoms with E-state index in [1.165, 1.54) is 0 Å². The highest BCUT2D eigenvalue weighted by Crippen LogP contribution is 2.27. The first-order chi connectivity index (χ1) is 8.74. The van der Waals surface area contributed by atoms with Gasteiger partial charge < -0.3 is 11.5 Å². The summed E-state index contributed by atoms with van der Waals surface area (Å²) < 4.78 is 0. The fraction of sp³-hybridized carbons (Fsp3) is 0. The highest BCUT2D eigenvalue weighted by molar-refractivity contribution is 5.93. The number of nitrogen functional groups attached to an aromatic ring is 2. The van der Waals surface area contributed by atoms with Gasteiger partial charge in [-0.1, -0.05) is 18.2 Å². The van der Waals surface area contributed by atoms with Crippen molar-refractivity contribution in [2.75, 3.05) is 11.5 Å². The summed E-state index contributed by atoms with van der Waals surface area (Å²) in [5, 5.41) is 1.01. The highest BCUT2D eigenvalue weighted by atomic mass is 15.0. The van der Waals surface area contributed by atoms with Gasteiger partial charge in [-0.2, -0.15) is 4.98 Å². The normalized spacial score (nSPS) is 10.7. The molecule has 3 rings (SSSR count). The Hall–Kier alpha value is -2.69. The third kappa shape index (κ3) is 1.71. The first-order valence-electron chi connectivity index (χ1n) is 5.48. The molecule has 0 fully saturated rings. The van der Waals surface area contributed by atoms with Gasteiger partial charge in [0.25, 0.3) is 0 Å². The molecular weight excluding hydrogens is 226 g/mol. The molecule has 0 saturated heterocycles. The largest absolute Gasteiger partial charge is 0.384 e. The van der Waals surface area contributed by atoms with Gasteiger partial charge in [-0.05, 0) is 12.1 Å². The Labute approximate surface area is 104 Å². The van der Waals surface area contributed by atoms with Crippen molar-refractivity contribution in [2.45, 2.75) is 0 Å². The van der Waals surface area contributed by atoms with Crippen LogP contribution in [0, 0.1) is 0 Å². The smallest absolute Gasteiger partial charge is 0.222 e. The molecule has 4 N–H and O–H groups in total. The minimum Gasteiger partial charge on any atom is -0.384 e. The Balaban J connectivity index is 2.31. The Morgan fingerprint density at radius 1 is 0.944 bits per heavy atom. The number of nitrogens with two attached hydrogens (primary N) is 2. The Morgan fingerprint density at radius 3 is 2.67 bits per heavy atom. The molecule has 3 aromatic rings. The molecule has 0 atom stereocenters. The zero-order chi connectivity index (χ0) is 12.5. The molecule has 5 heteroatoms. The molecule has 0 aliphatic heterocycles. The molecule has 2 heterocycles. The third-order valence-corrected chi connectivity index (χ3v) is 2.68. The van der Waals surface area contributed by atoms with E-state index >= 15 is 0 Å². The van der Waals surface area contributed by atoms with E-state index in [-0.39, 0.29) is 5.95 Å². The van der Waals surface area contributed by atoms with Crippen LogP contribution in [0.1, 0.15) is 0 Å². The van der Waals surface area contributed by atoms with Crippen LogP contribution in [0.15, 0.2) is 42.6 Å². The average molecular weight is 237 g/mol. The van der Waals surface area contributed by atoms with Crippen LogP contribution in [0.25, 0.3) is 22.2 Å². The van der Waals surface area contributed by atoms with E-state index < -0.39 is 0 Å². The number of hydrogen-bond acceptors (Lipinski definition) is 5. The van der Waals surface area contributed by atoms with E-state index in [0.29, 0.717) is 11.5 Å². The lowest BCUT2D eigenvalue weighted by Gasteiger charge is -2.06. The standard InChI is InChI=1S/C13H11N5/c14-12-7-11(17-13(15)18-12)9-3-1-5-10-8(9)4-2-6-16-10/h1-7H,(H4,14,15,17,18). The van der Waals surface area contributed by atoms with Crippen molar-refractivity contribution >= 4 is 22.7 Å². The van der Waals surface area contributed by atoms with Crippen molar-refractivity contribution in [3.05, 3.63) is 42.6 Å². The fourth-order valence-electron chi connectivity index (χ4n) is 1.95. The fourth-order valence-corrected chi connectivity index (χ4v) is 1.95. The summed E-state index contributed by atoms with van der Waals surface area (Å²) in [5.74, 6) is 0.532. The van der Waals surface area contributed by atoms with E-state index in [4.69, 9.17) is 11.5 Å². The number of benzene rings is 1. The molecule has 1 aromatic carbocycles. The van der Waals surface area contributed by atoms with Crippen molar-refractivity contribution in [3.63, 3.8) is 0 Å². The third-order valence-electron chi connectivity index (χ3n) is 2.68. The SMILES string of the molecule is Nc1cc(-c2cccc3ncccc23)nc(N)n1. The van der Waals surface area contributed by atoms with Crippen LogP contribution in [0.2, 0.25) is 0 Å². The van der Waals surface area contributed by atoms with Crippen molar-refractivity contribution in [1.29, 1.82) is 0 Å². The lowest BCUT2D eigenvalue weighted by molar-refractivity contribution is 1.20. The zero-order valence-corrected chi connectivity index (χ0v) is 9.54. The first kappa shape index (κ1) is 10.5. The summed E-state index contributed by atoms with van der Waals surface area (Å²) in [4.78, 5) is 12.4. The van der Waals surface area contributed by atoms with E-state index in [9.17, 15) is 0 Å². The van der Waals surface area contributed by atoms with Crippen LogP contribution in [-0.4, -0.2) is 15.0 Å². The molecule has 0 saturated carbocycles. The van der Waals surface area contributed by atoms with Gasteiger partial charge in [-0.15, -0.1) is 0 Å². The van der Waals surface area contributed by atoms with Crippen molar-refractivity contribution < 1.29 is 0 Å². The van der Waals surface area contributed by atoms with Crippen molar-refractivity contribution in [1.82, 2.24) is 15.0 Å². The summed E-state index contributed by atoms with van der Waals surface area (Å²) in [6, 6.07) is 11.4. The van der Waals surface area contributed by atoms with E-state index in [1.807, 2.05) is 30.3 Å². The van der Waals surface area contributed by atoms with E-state index in [0.717, 1.165) is 16.5 Å². The molecule has 18 heavy (non-hydrogen) atoms. The number of fused-ring (bicyclic) bond motifs is 1. The molecule has 0 amide bonds. The van der Waals surface area contributed by atoms with Crippen LogP contribution in [0.4, 0.5) is 11.8 Å². The maximum Gasteiger partial charge on any atom is 0.222 e. The number of pyridine rings is 1. The quantitative estimate of drug-likeness (QED) is 0.674. The number of aromatic nitrogens is 3. The monoisotopic (exact) mass is 237 g/mol. The maximum absolute atomic E-state index is 5.69. The van der Waals surface area contributed by atoms with Gasteiger partial charge in [-0.3, -0.25) is 4.98 Å². The summed E-state index contributed by atoms with van der Waals surface area (Å²) in [6.07, 6.45) is 1.76. The molecule has 2 aromatic heterocycles. The van der Waals surface area contributed by atoms with Crippen LogP contribution >= 0.6 is 0 Å². The van der Waals surface area contributed by atoms with E-state index in [1.54, 1.807) is 12.3 Å². The zero-order valence-electron chi connectivity index (χ0n) is 9.54. The van der Waals surface area contributed by atoms with Gasteiger partial charge in [0.2, 0.25) is 5.95 Å². The number of hydrogen-bond donors (Lipinski definition) is 2. The van der Waals surface area contributed by atoms with Gasteiger partial charge in [0.1, 0.15) is 5.82 Å². The Kier molecular flexibility index (Phi) is 2.30. The van der Waals surface area contributed by atoms with Crippen LogP contribution in [0.5, 0.6) is 0 Å².